The van der Waals surface area contributed by atoms with E-state index in [9.17, 15) is 14.0 Å². The third-order valence-electron chi connectivity index (χ3n) is 3.93. The van der Waals surface area contributed by atoms with Gasteiger partial charge in [-0.2, -0.15) is 0 Å². The van der Waals surface area contributed by atoms with Crippen molar-refractivity contribution < 1.29 is 9.18 Å². The first-order valence-corrected chi connectivity index (χ1v) is 8.74. The first-order valence-electron chi connectivity index (χ1n) is 7.75. The predicted octanol–water partition coefficient (Wildman–Crippen LogP) is 2.58. The summed E-state index contributed by atoms with van der Waals surface area (Å²) < 4.78 is 15.5. The molecular formula is C18H13FN4O2S. The predicted molar refractivity (Wildman–Crippen MR) is 99.1 cm³/mol. The molecule has 3 N–H and O–H groups in total. The summed E-state index contributed by atoms with van der Waals surface area (Å²) in [5, 5.41) is 0.984. The second-order valence-corrected chi connectivity index (χ2v) is 6.58. The Balaban J connectivity index is 2.07. The highest BCUT2D eigenvalue weighted by molar-refractivity contribution is 7.99. The molecule has 0 saturated carbocycles. The van der Waals surface area contributed by atoms with Gasteiger partial charge >= 0.3 is 0 Å². The van der Waals surface area contributed by atoms with Crippen LogP contribution in [0.25, 0.3) is 27.6 Å². The van der Waals surface area contributed by atoms with Crippen molar-refractivity contribution in [3.05, 3.63) is 64.7 Å². The zero-order valence-electron chi connectivity index (χ0n) is 13.4. The summed E-state index contributed by atoms with van der Waals surface area (Å²) in [5.74, 6) is -1.19. The van der Waals surface area contributed by atoms with Gasteiger partial charge in [0.05, 0.1) is 11.4 Å². The van der Waals surface area contributed by atoms with Crippen molar-refractivity contribution in [3.63, 3.8) is 0 Å². The fraction of sp³-hybridized carbons (Fsp3) is 0.0556. The molecule has 0 radical (unpaired) electrons. The number of nitrogens with two attached hydrogens (primary N) is 1. The summed E-state index contributed by atoms with van der Waals surface area (Å²) in [5.41, 5.74) is 6.36. The number of aromatic amines is 1. The number of fused-ring (bicyclic) bond motifs is 3. The second kappa shape index (κ2) is 6.30. The van der Waals surface area contributed by atoms with Crippen LogP contribution >= 0.6 is 11.8 Å². The number of rotatable bonds is 4. The zero-order chi connectivity index (χ0) is 18.3. The van der Waals surface area contributed by atoms with Crippen LogP contribution in [0.2, 0.25) is 0 Å². The van der Waals surface area contributed by atoms with Gasteiger partial charge in [-0.05, 0) is 18.2 Å². The van der Waals surface area contributed by atoms with E-state index in [1.165, 1.54) is 22.8 Å². The van der Waals surface area contributed by atoms with Crippen molar-refractivity contribution in [3.8, 4) is 5.69 Å². The van der Waals surface area contributed by atoms with E-state index in [0.717, 1.165) is 22.7 Å². The average Bonchev–Trinajstić information content (AvgIpc) is 3.00. The molecule has 2 heterocycles. The molecule has 0 spiro atoms. The van der Waals surface area contributed by atoms with E-state index in [0.29, 0.717) is 5.52 Å². The van der Waals surface area contributed by atoms with E-state index in [2.05, 4.69) is 9.97 Å². The number of nitrogens with zero attached hydrogens (tertiary/aromatic N) is 2. The third-order valence-corrected chi connectivity index (χ3v) is 4.89. The Morgan fingerprint density at radius 3 is 2.69 bits per heavy atom. The normalized spacial score (nSPS) is 11.3. The Morgan fingerprint density at radius 2 is 1.92 bits per heavy atom. The SMILES string of the molecule is NC(=O)CSc1nc2c([nH]c3ccccc32)c(=O)n1-c1ccccc1F. The van der Waals surface area contributed by atoms with E-state index in [1.807, 2.05) is 24.3 Å². The molecule has 0 aliphatic rings. The van der Waals surface area contributed by atoms with Crippen molar-refractivity contribution in [2.75, 3.05) is 5.75 Å². The van der Waals surface area contributed by atoms with Crippen LogP contribution in [0.5, 0.6) is 0 Å². The standard InChI is InChI=1S/C18H13FN4O2S/c19-11-6-2-4-8-13(11)23-17(25)16-15(22-18(23)26-9-14(20)24)10-5-1-3-7-12(10)21-16/h1-8,21H,9H2,(H2,20,24). The van der Waals surface area contributed by atoms with Crippen LogP contribution in [0.4, 0.5) is 4.39 Å². The fourth-order valence-electron chi connectivity index (χ4n) is 2.82. The second-order valence-electron chi connectivity index (χ2n) is 5.64. The van der Waals surface area contributed by atoms with Gasteiger partial charge in [0.2, 0.25) is 5.91 Å². The molecule has 0 aliphatic carbocycles. The summed E-state index contributed by atoms with van der Waals surface area (Å²) in [7, 11) is 0. The quantitative estimate of drug-likeness (QED) is 0.428. The lowest BCUT2D eigenvalue weighted by Crippen LogP contribution is -2.23. The molecule has 0 atom stereocenters. The van der Waals surface area contributed by atoms with E-state index >= 15 is 0 Å². The molecule has 6 nitrogen and oxygen atoms in total. The summed E-state index contributed by atoms with van der Waals surface area (Å²) in [4.78, 5) is 31.9. The Bertz CT molecular complexity index is 1210. The van der Waals surface area contributed by atoms with Crippen molar-refractivity contribution in [2.45, 2.75) is 5.16 Å². The van der Waals surface area contributed by atoms with Crippen molar-refractivity contribution in [2.24, 2.45) is 5.73 Å². The van der Waals surface area contributed by atoms with Crippen LogP contribution in [0.3, 0.4) is 0 Å². The lowest BCUT2D eigenvalue weighted by Gasteiger charge is -2.12. The number of amides is 1. The van der Waals surface area contributed by atoms with Gasteiger partial charge in [-0.15, -0.1) is 0 Å². The molecule has 0 unspecified atom stereocenters. The lowest BCUT2D eigenvalue weighted by molar-refractivity contribution is -0.115. The van der Waals surface area contributed by atoms with Crippen molar-refractivity contribution >= 4 is 39.6 Å². The largest absolute Gasteiger partial charge is 0.369 e. The first kappa shape index (κ1) is 16.3. The van der Waals surface area contributed by atoms with Crippen molar-refractivity contribution in [1.29, 1.82) is 0 Å². The minimum Gasteiger partial charge on any atom is -0.369 e. The van der Waals surface area contributed by atoms with Gasteiger partial charge in [0, 0.05) is 10.9 Å². The van der Waals surface area contributed by atoms with E-state index < -0.39 is 17.3 Å². The maximum Gasteiger partial charge on any atom is 0.283 e. The zero-order valence-corrected chi connectivity index (χ0v) is 14.2. The number of primary amides is 1. The number of hydrogen-bond acceptors (Lipinski definition) is 4. The van der Waals surface area contributed by atoms with Crippen LogP contribution in [0, 0.1) is 5.82 Å². The molecule has 4 rings (SSSR count). The van der Waals surface area contributed by atoms with Crippen LogP contribution in [-0.2, 0) is 4.79 Å². The van der Waals surface area contributed by atoms with Crippen LogP contribution < -0.4 is 11.3 Å². The van der Waals surface area contributed by atoms with Crippen molar-refractivity contribution in [1.82, 2.24) is 14.5 Å². The van der Waals surface area contributed by atoms with Gasteiger partial charge < -0.3 is 10.7 Å². The summed E-state index contributed by atoms with van der Waals surface area (Å²) in [6.07, 6.45) is 0. The topological polar surface area (TPSA) is 93.8 Å². The Labute approximate surface area is 150 Å². The molecule has 0 saturated heterocycles. The number of benzene rings is 2. The molecule has 1 amide bonds. The van der Waals surface area contributed by atoms with Gasteiger partial charge in [0.25, 0.3) is 5.56 Å². The minimum absolute atomic E-state index is 0.0672. The molecule has 0 aliphatic heterocycles. The fourth-order valence-corrected chi connectivity index (χ4v) is 3.56. The number of hydrogen-bond donors (Lipinski definition) is 2. The Kier molecular flexibility index (Phi) is 3.96. The molecule has 130 valence electrons. The Morgan fingerprint density at radius 1 is 1.19 bits per heavy atom. The van der Waals surface area contributed by atoms with E-state index in [4.69, 9.17) is 5.73 Å². The van der Waals surface area contributed by atoms with Crippen LogP contribution in [0.15, 0.2) is 58.5 Å². The number of carbonyl (C=O) groups excluding carboxylic acids is 1. The smallest absolute Gasteiger partial charge is 0.283 e. The molecule has 0 bridgehead atoms. The highest BCUT2D eigenvalue weighted by Crippen LogP contribution is 2.26. The highest BCUT2D eigenvalue weighted by atomic mass is 32.2. The van der Waals surface area contributed by atoms with Gasteiger partial charge in [-0.3, -0.25) is 14.2 Å². The van der Waals surface area contributed by atoms with Crippen LogP contribution in [0.1, 0.15) is 0 Å². The molecule has 26 heavy (non-hydrogen) atoms. The highest BCUT2D eigenvalue weighted by Gasteiger charge is 2.19. The first-order chi connectivity index (χ1) is 12.6. The molecular weight excluding hydrogens is 355 g/mol. The molecule has 0 fully saturated rings. The molecule has 2 aromatic carbocycles. The number of para-hydroxylation sites is 2. The summed E-state index contributed by atoms with van der Waals surface area (Å²) in [6, 6.07) is 13.3. The van der Waals surface area contributed by atoms with Gasteiger partial charge in [-0.25, -0.2) is 9.37 Å². The number of halogens is 1. The average molecular weight is 368 g/mol. The maximum absolute atomic E-state index is 14.3. The third kappa shape index (κ3) is 2.64. The van der Waals surface area contributed by atoms with Crippen LogP contribution in [-0.4, -0.2) is 26.2 Å². The maximum atomic E-state index is 14.3. The molecule has 8 heteroatoms. The monoisotopic (exact) mass is 368 g/mol. The summed E-state index contributed by atoms with van der Waals surface area (Å²) >= 11 is 0.996. The summed E-state index contributed by atoms with van der Waals surface area (Å²) in [6.45, 7) is 0. The number of carbonyl (C=O) groups is 1. The minimum atomic E-state index is -0.562. The van der Waals surface area contributed by atoms with Gasteiger partial charge in [0.1, 0.15) is 16.9 Å². The Hall–Kier alpha value is -3.13. The molecule has 4 aromatic rings. The number of thioether (sulfide) groups is 1. The van der Waals surface area contributed by atoms with Gasteiger partial charge in [-0.1, -0.05) is 42.1 Å². The van der Waals surface area contributed by atoms with Gasteiger partial charge in [0.15, 0.2) is 5.16 Å². The molecule has 2 aromatic heterocycles. The lowest BCUT2D eigenvalue weighted by atomic mass is 10.2. The van der Waals surface area contributed by atoms with E-state index in [-0.39, 0.29) is 22.1 Å². The number of nitrogens with one attached hydrogen (secondary N) is 1. The van der Waals surface area contributed by atoms with E-state index in [1.54, 1.807) is 6.07 Å². The number of aromatic nitrogens is 3. The number of H-pyrrole nitrogens is 1.